The van der Waals surface area contributed by atoms with Crippen molar-refractivity contribution in [3.8, 4) is 0 Å². The molecule has 1 aliphatic carbocycles. The zero-order valence-corrected chi connectivity index (χ0v) is 14.9. The zero-order valence-electron chi connectivity index (χ0n) is 14.9. The van der Waals surface area contributed by atoms with Crippen molar-refractivity contribution in [2.75, 3.05) is 13.7 Å². The zero-order chi connectivity index (χ0) is 18.0. The van der Waals surface area contributed by atoms with Gasteiger partial charge in [0.15, 0.2) is 5.65 Å². The van der Waals surface area contributed by atoms with E-state index in [1.807, 2.05) is 24.6 Å². The van der Waals surface area contributed by atoms with Gasteiger partial charge in [-0.1, -0.05) is 0 Å². The first-order valence-electron chi connectivity index (χ1n) is 8.74. The third kappa shape index (κ3) is 3.81. The normalized spacial score (nSPS) is 14.1. The number of esters is 1. The van der Waals surface area contributed by atoms with Gasteiger partial charge in [-0.3, -0.25) is 9.59 Å². The van der Waals surface area contributed by atoms with E-state index in [4.69, 9.17) is 4.98 Å². The summed E-state index contributed by atoms with van der Waals surface area (Å²) in [7, 11) is 1.36. The highest BCUT2D eigenvalue weighted by Gasteiger charge is 2.28. The molecule has 1 N–H and O–H groups in total. The molecule has 0 radical (unpaired) electrons. The topological polar surface area (TPSA) is 86.1 Å². The summed E-state index contributed by atoms with van der Waals surface area (Å²) in [6, 6.07) is 2.07. The monoisotopic (exact) mass is 344 g/mol. The minimum absolute atomic E-state index is 0.150. The first-order chi connectivity index (χ1) is 12.0. The maximum atomic E-state index is 12.7. The molecular weight excluding hydrogens is 320 g/mol. The van der Waals surface area contributed by atoms with Gasteiger partial charge in [-0.2, -0.15) is 5.10 Å². The van der Waals surface area contributed by atoms with Gasteiger partial charge in [0.05, 0.1) is 24.3 Å². The fraction of sp³-hybridized carbons (Fsp3) is 0.556. The fourth-order valence-electron chi connectivity index (χ4n) is 2.82. The third-order valence-corrected chi connectivity index (χ3v) is 4.39. The predicted octanol–water partition coefficient (Wildman–Crippen LogP) is 2.57. The molecule has 134 valence electrons. The van der Waals surface area contributed by atoms with Crippen molar-refractivity contribution in [3.05, 3.63) is 23.5 Å². The maximum absolute atomic E-state index is 12.7. The highest BCUT2D eigenvalue weighted by molar-refractivity contribution is 6.05. The molecule has 2 aromatic heterocycles. The van der Waals surface area contributed by atoms with E-state index < -0.39 is 0 Å². The van der Waals surface area contributed by atoms with Crippen LogP contribution in [-0.4, -0.2) is 40.3 Å². The van der Waals surface area contributed by atoms with Crippen LogP contribution in [0.4, 0.5) is 0 Å². The van der Waals surface area contributed by atoms with Gasteiger partial charge < -0.3 is 10.1 Å². The van der Waals surface area contributed by atoms with Gasteiger partial charge in [0.2, 0.25) is 0 Å². The molecule has 0 aromatic carbocycles. The van der Waals surface area contributed by atoms with Gasteiger partial charge in [0.1, 0.15) is 0 Å². The van der Waals surface area contributed by atoms with Crippen LogP contribution in [0, 0.1) is 0 Å². The molecule has 0 aliphatic heterocycles. The van der Waals surface area contributed by atoms with E-state index >= 15 is 0 Å². The van der Waals surface area contributed by atoms with E-state index in [9.17, 15) is 9.59 Å². The van der Waals surface area contributed by atoms with Crippen molar-refractivity contribution in [1.29, 1.82) is 0 Å². The molecule has 1 saturated carbocycles. The summed E-state index contributed by atoms with van der Waals surface area (Å²) in [5.41, 5.74) is 2.34. The summed E-state index contributed by atoms with van der Waals surface area (Å²) in [5.74, 6) is 0.0306. The Hall–Kier alpha value is -2.44. The first-order valence-corrected chi connectivity index (χ1v) is 8.74. The number of ether oxygens (including phenoxy) is 1. The van der Waals surface area contributed by atoms with Crippen molar-refractivity contribution in [3.63, 3.8) is 0 Å². The Morgan fingerprint density at radius 1 is 1.40 bits per heavy atom. The Labute approximate surface area is 146 Å². The molecule has 0 spiro atoms. The van der Waals surface area contributed by atoms with Crippen LogP contribution in [0.3, 0.4) is 0 Å². The molecule has 1 fully saturated rings. The standard InChI is InChI=1S/C18H24N4O3/c1-11(2)22-17-14(10-20-22)13(9-15(21-17)12-6-7-12)18(24)19-8-4-5-16(23)25-3/h9-12H,4-8H2,1-3H3,(H,19,24). The summed E-state index contributed by atoms with van der Waals surface area (Å²) in [6.07, 6.45) is 4.79. The van der Waals surface area contributed by atoms with Gasteiger partial charge in [0, 0.05) is 30.6 Å². The average molecular weight is 344 g/mol. The number of aromatic nitrogens is 3. The van der Waals surface area contributed by atoms with Crippen molar-refractivity contribution in [2.45, 2.75) is 51.5 Å². The summed E-state index contributed by atoms with van der Waals surface area (Å²) in [4.78, 5) is 28.5. The number of methoxy groups -OCH3 is 1. The number of nitrogens with one attached hydrogen (secondary N) is 1. The molecule has 0 unspecified atom stereocenters. The van der Waals surface area contributed by atoms with Crippen LogP contribution in [0.5, 0.6) is 0 Å². The average Bonchev–Trinajstić information content (AvgIpc) is 3.36. The highest BCUT2D eigenvalue weighted by Crippen LogP contribution is 2.40. The van der Waals surface area contributed by atoms with Gasteiger partial charge in [0.25, 0.3) is 5.91 Å². The van der Waals surface area contributed by atoms with Crippen LogP contribution >= 0.6 is 0 Å². The number of nitrogens with zero attached hydrogens (tertiary/aromatic N) is 3. The van der Waals surface area contributed by atoms with E-state index in [1.54, 1.807) is 6.20 Å². The molecule has 7 nitrogen and oxygen atoms in total. The summed E-state index contributed by atoms with van der Waals surface area (Å²) >= 11 is 0. The van der Waals surface area contributed by atoms with E-state index in [1.165, 1.54) is 7.11 Å². The third-order valence-electron chi connectivity index (χ3n) is 4.39. The maximum Gasteiger partial charge on any atom is 0.305 e. The second-order valence-corrected chi connectivity index (χ2v) is 6.72. The summed E-state index contributed by atoms with van der Waals surface area (Å²) in [5, 5.41) is 8.05. The van der Waals surface area contributed by atoms with E-state index in [2.05, 4.69) is 15.2 Å². The Morgan fingerprint density at radius 3 is 2.80 bits per heavy atom. The highest BCUT2D eigenvalue weighted by atomic mass is 16.5. The molecule has 25 heavy (non-hydrogen) atoms. The fourth-order valence-corrected chi connectivity index (χ4v) is 2.82. The van der Waals surface area contributed by atoms with Crippen molar-refractivity contribution >= 4 is 22.9 Å². The van der Waals surface area contributed by atoms with Gasteiger partial charge in [-0.15, -0.1) is 0 Å². The Balaban J connectivity index is 1.82. The lowest BCUT2D eigenvalue weighted by Gasteiger charge is -2.10. The van der Waals surface area contributed by atoms with E-state index in [0.717, 1.165) is 29.6 Å². The van der Waals surface area contributed by atoms with Crippen LogP contribution in [-0.2, 0) is 9.53 Å². The number of hydrogen-bond acceptors (Lipinski definition) is 5. The molecule has 0 bridgehead atoms. The Morgan fingerprint density at radius 2 is 2.16 bits per heavy atom. The smallest absolute Gasteiger partial charge is 0.305 e. The minimum Gasteiger partial charge on any atom is -0.469 e. The second-order valence-electron chi connectivity index (χ2n) is 6.72. The Kier molecular flexibility index (Phi) is 5.01. The largest absolute Gasteiger partial charge is 0.469 e. The quantitative estimate of drug-likeness (QED) is 0.616. The predicted molar refractivity (Wildman–Crippen MR) is 93.5 cm³/mol. The van der Waals surface area contributed by atoms with Gasteiger partial charge >= 0.3 is 5.97 Å². The van der Waals surface area contributed by atoms with Crippen LogP contribution in [0.2, 0.25) is 0 Å². The number of rotatable bonds is 7. The number of carbonyl (C=O) groups is 2. The van der Waals surface area contributed by atoms with Crippen molar-refractivity contribution < 1.29 is 14.3 Å². The molecule has 2 aromatic rings. The second kappa shape index (κ2) is 7.21. The molecule has 7 heteroatoms. The first kappa shape index (κ1) is 17.4. The Bertz CT molecular complexity index is 793. The molecule has 0 atom stereocenters. The van der Waals surface area contributed by atoms with Crippen LogP contribution in [0.25, 0.3) is 11.0 Å². The molecule has 3 rings (SSSR count). The number of hydrogen-bond donors (Lipinski definition) is 1. The number of carbonyl (C=O) groups excluding carboxylic acids is 2. The number of pyridine rings is 1. The van der Waals surface area contributed by atoms with Crippen molar-refractivity contribution in [1.82, 2.24) is 20.1 Å². The molecule has 1 amide bonds. The van der Waals surface area contributed by atoms with Gasteiger partial charge in [-0.25, -0.2) is 9.67 Å². The van der Waals surface area contributed by atoms with E-state index in [-0.39, 0.29) is 17.9 Å². The molecule has 1 aliphatic rings. The van der Waals surface area contributed by atoms with Crippen LogP contribution < -0.4 is 5.32 Å². The van der Waals surface area contributed by atoms with Gasteiger partial charge in [-0.05, 0) is 39.2 Å². The molecule has 0 saturated heterocycles. The lowest BCUT2D eigenvalue weighted by molar-refractivity contribution is -0.140. The minimum atomic E-state index is -0.269. The molecular formula is C18H24N4O3. The lowest BCUT2D eigenvalue weighted by atomic mass is 10.1. The van der Waals surface area contributed by atoms with Crippen LogP contribution in [0.1, 0.15) is 67.5 Å². The lowest BCUT2D eigenvalue weighted by Crippen LogP contribution is -2.25. The summed E-state index contributed by atoms with van der Waals surface area (Å²) < 4.78 is 6.46. The number of amides is 1. The van der Waals surface area contributed by atoms with Crippen molar-refractivity contribution in [2.24, 2.45) is 0 Å². The summed E-state index contributed by atoms with van der Waals surface area (Å²) in [6.45, 7) is 4.52. The molecule has 2 heterocycles. The SMILES string of the molecule is COC(=O)CCCNC(=O)c1cc(C2CC2)nc2c1cnn2C(C)C. The van der Waals surface area contributed by atoms with E-state index in [0.29, 0.717) is 30.9 Å². The van der Waals surface area contributed by atoms with Crippen LogP contribution in [0.15, 0.2) is 12.3 Å². The number of fused-ring (bicyclic) bond motifs is 1.